The highest BCUT2D eigenvalue weighted by Crippen LogP contribution is 2.33. The first-order valence-corrected chi connectivity index (χ1v) is 11.9. The second-order valence-electron chi connectivity index (χ2n) is 6.44. The molecule has 0 radical (unpaired) electrons. The molecule has 0 bridgehead atoms. The Hall–Kier alpha value is -2.71. The van der Waals surface area contributed by atoms with E-state index in [1.54, 1.807) is 31.6 Å². The van der Waals surface area contributed by atoms with Crippen LogP contribution in [-0.4, -0.2) is 35.1 Å². The Kier molecular flexibility index (Phi) is 7.59. The van der Waals surface area contributed by atoms with Crippen molar-refractivity contribution in [2.45, 2.75) is 19.3 Å². The van der Waals surface area contributed by atoms with Crippen LogP contribution in [0.2, 0.25) is 0 Å². The third-order valence-corrected chi connectivity index (χ3v) is 5.83. The van der Waals surface area contributed by atoms with Gasteiger partial charge in [0.15, 0.2) is 11.5 Å². The zero-order valence-corrected chi connectivity index (χ0v) is 18.7. The van der Waals surface area contributed by atoms with Gasteiger partial charge < -0.3 is 14.2 Å². The van der Waals surface area contributed by atoms with Crippen LogP contribution < -0.4 is 9.47 Å². The quantitative estimate of drug-likeness (QED) is 0.453. The fraction of sp³-hybridized carbons (Fsp3) is 0.273. The van der Waals surface area contributed by atoms with E-state index in [0.29, 0.717) is 35.1 Å². The molecular weight excluding hydrogens is 422 g/mol. The molecule has 1 unspecified atom stereocenters. The highest BCUT2D eigenvalue weighted by molar-refractivity contribution is 7.83. The van der Waals surface area contributed by atoms with Crippen LogP contribution in [-0.2, 0) is 27.9 Å². The summed E-state index contributed by atoms with van der Waals surface area (Å²) in [6, 6.07) is 12.7. The summed E-state index contributed by atoms with van der Waals surface area (Å²) in [4.78, 5) is 16.9. The van der Waals surface area contributed by atoms with Crippen molar-refractivity contribution in [1.29, 1.82) is 0 Å². The minimum atomic E-state index is -0.970. The zero-order chi connectivity index (χ0) is 21.5. The Balaban J connectivity index is 1.66. The summed E-state index contributed by atoms with van der Waals surface area (Å²) in [6.07, 6.45) is 1.63. The van der Waals surface area contributed by atoms with Crippen molar-refractivity contribution >= 4 is 28.1 Å². The van der Waals surface area contributed by atoms with Gasteiger partial charge >= 0.3 is 5.97 Å². The van der Waals surface area contributed by atoms with E-state index in [1.807, 2.05) is 36.6 Å². The molecule has 0 saturated heterocycles. The van der Waals surface area contributed by atoms with Crippen molar-refractivity contribution in [3.8, 4) is 22.1 Å². The van der Waals surface area contributed by atoms with Gasteiger partial charge in [0.05, 0.1) is 25.0 Å². The van der Waals surface area contributed by atoms with Crippen LogP contribution in [0.15, 0.2) is 47.8 Å². The second kappa shape index (κ2) is 10.4. The Morgan fingerprint density at radius 3 is 2.73 bits per heavy atom. The van der Waals surface area contributed by atoms with Gasteiger partial charge in [-0.3, -0.25) is 4.21 Å². The van der Waals surface area contributed by atoms with Crippen LogP contribution in [0.25, 0.3) is 10.6 Å². The van der Waals surface area contributed by atoms with E-state index in [0.717, 1.165) is 16.1 Å². The molecular formula is C22H23NO5S2. The summed E-state index contributed by atoms with van der Waals surface area (Å²) in [5.41, 5.74) is 2.84. The molecule has 1 heterocycles. The van der Waals surface area contributed by atoms with Crippen LogP contribution in [0.1, 0.15) is 28.5 Å². The molecule has 0 amide bonds. The molecule has 0 aliphatic rings. The van der Waals surface area contributed by atoms with Crippen molar-refractivity contribution in [3.63, 3.8) is 0 Å². The lowest BCUT2D eigenvalue weighted by Gasteiger charge is -2.10. The summed E-state index contributed by atoms with van der Waals surface area (Å²) in [5.74, 6) is 1.30. The minimum Gasteiger partial charge on any atom is -0.493 e. The van der Waals surface area contributed by atoms with E-state index in [1.165, 1.54) is 11.3 Å². The number of methoxy groups -OCH3 is 1. The maximum absolute atomic E-state index is 12.4. The molecule has 8 heteroatoms. The van der Waals surface area contributed by atoms with E-state index in [-0.39, 0.29) is 6.61 Å². The van der Waals surface area contributed by atoms with Gasteiger partial charge in [0.1, 0.15) is 11.6 Å². The highest BCUT2D eigenvalue weighted by atomic mass is 32.2. The normalized spacial score (nSPS) is 11.7. The predicted molar refractivity (Wildman–Crippen MR) is 119 cm³/mol. The number of nitrogens with zero attached hydrogens (tertiary/aromatic N) is 1. The van der Waals surface area contributed by atoms with E-state index < -0.39 is 16.8 Å². The van der Waals surface area contributed by atoms with Crippen LogP contribution >= 0.6 is 11.3 Å². The smallest absolute Gasteiger partial charge is 0.338 e. The molecule has 0 fully saturated rings. The number of aromatic nitrogens is 1. The van der Waals surface area contributed by atoms with Crippen LogP contribution in [0.5, 0.6) is 11.5 Å². The number of ether oxygens (including phenoxy) is 3. The van der Waals surface area contributed by atoms with Gasteiger partial charge in [-0.05, 0) is 42.8 Å². The summed E-state index contributed by atoms with van der Waals surface area (Å²) in [7, 11) is 0.629. The van der Waals surface area contributed by atoms with E-state index in [9.17, 15) is 9.00 Å². The van der Waals surface area contributed by atoms with Gasteiger partial charge in [-0.1, -0.05) is 12.1 Å². The Morgan fingerprint density at radius 2 is 2.00 bits per heavy atom. The average Bonchev–Trinajstić information content (AvgIpc) is 3.21. The maximum atomic E-state index is 12.4. The van der Waals surface area contributed by atoms with Crippen LogP contribution in [0, 0.1) is 0 Å². The van der Waals surface area contributed by atoms with Crippen LogP contribution in [0.3, 0.4) is 0 Å². The first-order chi connectivity index (χ1) is 14.5. The van der Waals surface area contributed by atoms with Gasteiger partial charge in [-0.25, -0.2) is 9.78 Å². The van der Waals surface area contributed by atoms with Crippen LogP contribution in [0.4, 0.5) is 0 Å². The first-order valence-electron chi connectivity index (χ1n) is 9.32. The maximum Gasteiger partial charge on any atom is 0.338 e. The fourth-order valence-corrected chi connectivity index (χ4v) is 4.28. The number of esters is 1. The molecule has 1 aromatic heterocycles. The molecule has 0 aliphatic heterocycles. The molecule has 158 valence electrons. The Morgan fingerprint density at radius 1 is 1.17 bits per heavy atom. The largest absolute Gasteiger partial charge is 0.493 e. The summed E-state index contributed by atoms with van der Waals surface area (Å²) in [6.45, 7) is 2.55. The van der Waals surface area contributed by atoms with Gasteiger partial charge in [0.25, 0.3) is 0 Å². The van der Waals surface area contributed by atoms with Gasteiger partial charge in [0.2, 0.25) is 0 Å². The first kappa shape index (κ1) is 22.0. The van der Waals surface area contributed by atoms with E-state index in [4.69, 9.17) is 14.2 Å². The number of rotatable bonds is 9. The molecule has 6 nitrogen and oxygen atoms in total. The van der Waals surface area contributed by atoms with Gasteiger partial charge in [-0.15, -0.1) is 11.3 Å². The van der Waals surface area contributed by atoms with Gasteiger partial charge in [-0.2, -0.15) is 0 Å². The van der Waals surface area contributed by atoms with E-state index >= 15 is 0 Å². The highest BCUT2D eigenvalue weighted by Gasteiger charge is 2.13. The summed E-state index contributed by atoms with van der Waals surface area (Å²) >= 11 is 1.47. The lowest BCUT2D eigenvalue weighted by Crippen LogP contribution is -2.06. The number of thiazole rings is 1. The molecule has 0 aliphatic carbocycles. The lowest BCUT2D eigenvalue weighted by molar-refractivity contribution is 0.0468. The zero-order valence-electron chi connectivity index (χ0n) is 17.0. The van der Waals surface area contributed by atoms with Crippen molar-refractivity contribution < 1.29 is 23.2 Å². The molecule has 30 heavy (non-hydrogen) atoms. The molecule has 0 spiro atoms. The fourth-order valence-electron chi connectivity index (χ4n) is 2.83. The number of carbonyl (C=O) groups excluding carboxylic acids is 1. The summed E-state index contributed by atoms with van der Waals surface area (Å²) in [5, 5.41) is 2.66. The van der Waals surface area contributed by atoms with Crippen molar-refractivity contribution in [1.82, 2.24) is 4.98 Å². The molecule has 3 rings (SSSR count). The Labute approximate surface area is 182 Å². The summed E-state index contributed by atoms with van der Waals surface area (Å²) < 4.78 is 27.7. The topological polar surface area (TPSA) is 74.7 Å². The standard InChI is InChI=1S/C22H23NO5S2/c1-4-27-19-9-8-16(11-20(19)26-2)21-23-18(13-29-21)12-28-22(24)17-7-5-6-15(10-17)14-30(3)25/h5-11,13H,4,12,14H2,1-3H3. The second-order valence-corrected chi connectivity index (χ2v) is 8.73. The number of benzene rings is 2. The number of carbonyl (C=O) groups is 1. The van der Waals surface area contributed by atoms with E-state index in [2.05, 4.69) is 4.98 Å². The molecule has 2 aromatic carbocycles. The Bertz CT molecular complexity index is 1050. The average molecular weight is 446 g/mol. The predicted octanol–water partition coefficient (Wildman–Crippen LogP) is 4.45. The van der Waals surface area contributed by atoms with Gasteiger partial charge in [0, 0.05) is 33.8 Å². The number of hydrogen-bond acceptors (Lipinski definition) is 7. The van der Waals surface area contributed by atoms with Crippen molar-refractivity contribution in [2.24, 2.45) is 0 Å². The van der Waals surface area contributed by atoms with Crippen molar-refractivity contribution in [2.75, 3.05) is 20.0 Å². The minimum absolute atomic E-state index is 0.0768. The molecule has 0 saturated carbocycles. The monoisotopic (exact) mass is 445 g/mol. The third-order valence-electron chi connectivity index (χ3n) is 4.15. The van der Waals surface area contributed by atoms with Crippen molar-refractivity contribution in [3.05, 3.63) is 64.7 Å². The third kappa shape index (κ3) is 5.67. The number of hydrogen-bond donors (Lipinski definition) is 0. The molecule has 1 atom stereocenters. The lowest BCUT2D eigenvalue weighted by atomic mass is 10.1. The molecule has 0 N–H and O–H groups in total. The molecule has 3 aromatic rings. The SMILES string of the molecule is CCOc1ccc(-c2nc(COC(=O)c3cccc(CS(C)=O)c3)cs2)cc1OC.